The summed E-state index contributed by atoms with van der Waals surface area (Å²) in [4.78, 5) is 25.6. The van der Waals surface area contributed by atoms with Gasteiger partial charge in [-0.05, 0) is 6.92 Å². The lowest BCUT2D eigenvalue weighted by Crippen LogP contribution is -1.99. The minimum Gasteiger partial charge on any atom is -0.464 e. The molecule has 0 radical (unpaired) electrons. The molecule has 0 aliphatic heterocycles. The average molecular weight is 185 g/mol. The molecule has 0 N–H and O–H groups in total. The number of methoxy groups -OCH3 is 1. The van der Waals surface area contributed by atoms with Gasteiger partial charge in [0, 0.05) is 0 Å². The predicted octanol–water partition coefficient (Wildman–Crippen LogP) is 1.05. The molecule has 0 unspecified atom stereocenters. The normalized spacial score (nSPS) is 9.50. The molecular formula is C7H7NO3S. The second-order valence-corrected chi connectivity index (χ2v) is 3.11. The summed E-state index contributed by atoms with van der Waals surface area (Å²) in [6.07, 6.45) is 0.680. The van der Waals surface area contributed by atoms with Crippen LogP contribution in [0, 0.1) is 6.92 Å². The lowest BCUT2D eigenvalue weighted by molar-refractivity contribution is 0.0600. The molecule has 0 saturated carbocycles. The average Bonchev–Trinajstić information content (AvgIpc) is 2.45. The van der Waals surface area contributed by atoms with E-state index in [1.807, 2.05) is 0 Å². The molecule has 0 aromatic carbocycles. The zero-order valence-electron chi connectivity index (χ0n) is 6.66. The first-order chi connectivity index (χ1) is 5.69. The fourth-order valence-electron chi connectivity index (χ4n) is 0.692. The topological polar surface area (TPSA) is 56.3 Å². The van der Waals surface area contributed by atoms with Crippen LogP contribution in [0.15, 0.2) is 0 Å². The Kier molecular flexibility index (Phi) is 2.54. The standard InChI is InChI=1S/C7H7NO3S/c1-4-5(3-9)12-6(8-4)7(10)11-2/h3H,1-2H3. The van der Waals surface area contributed by atoms with E-state index in [4.69, 9.17) is 0 Å². The Morgan fingerprint density at radius 1 is 1.67 bits per heavy atom. The molecule has 1 rings (SSSR count). The Balaban J connectivity index is 3.04. The van der Waals surface area contributed by atoms with Crippen LogP contribution in [0.25, 0.3) is 0 Å². The van der Waals surface area contributed by atoms with Gasteiger partial charge in [-0.2, -0.15) is 0 Å². The van der Waals surface area contributed by atoms with Crippen molar-refractivity contribution >= 4 is 23.6 Å². The van der Waals surface area contributed by atoms with E-state index in [2.05, 4.69) is 9.72 Å². The third kappa shape index (κ3) is 1.50. The summed E-state index contributed by atoms with van der Waals surface area (Å²) in [7, 11) is 1.28. The molecule has 0 aliphatic rings. The lowest BCUT2D eigenvalue weighted by atomic mass is 10.4. The zero-order valence-corrected chi connectivity index (χ0v) is 7.47. The van der Waals surface area contributed by atoms with Gasteiger partial charge in [0.15, 0.2) is 6.29 Å². The molecule has 0 spiro atoms. The van der Waals surface area contributed by atoms with Crippen molar-refractivity contribution in [2.24, 2.45) is 0 Å². The minimum absolute atomic E-state index is 0.220. The number of carbonyl (C=O) groups is 2. The van der Waals surface area contributed by atoms with Gasteiger partial charge in [0.05, 0.1) is 17.7 Å². The fourth-order valence-corrected chi connectivity index (χ4v) is 1.49. The van der Waals surface area contributed by atoms with Crippen LogP contribution in [-0.4, -0.2) is 24.3 Å². The highest BCUT2D eigenvalue weighted by molar-refractivity contribution is 7.15. The van der Waals surface area contributed by atoms with Crippen LogP contribution in [0.4, 0.5) is 0 Å². The predicted molar refractivity (Wildman–Crippen MR) is 43.6 cm³/mol. The van der Waals surface area contributed by atoms with Crippen LogP contribution < -0.4 is 0 Å². The number of rotatable bonds is 2. The van der Waals surface area contributed by atoms with Crippen LogP contribution in [0.5, 0.6) is 0 Å². The van der Waals surface area contributed by atoms with Gasteiger partial charge in [-0.1, -0.05) is 0 Å². The summed E-state index contributed by atoms with van der Waals surface area (Å²) < 4.78 is 4.44. The van der Waals surface area contributed by atoms with Crippen molar-refractivity contribution in [1.29, 1.82) is 0 Å². The first-order valence-electron chi connectivity index (χ1n) is 3.20. The first-order valence-corrected chi connectivity index (χ1v) is 4.01. The van der Waals surface area contributed by atoms with Gasteiger partial charge in [-0.25, -0.2) is 9.78 Å². The molecule has 64 valence electrons. The van der Waals surface area contributed by atoms with Crippen LogP contribution >= 0.6 is 11.3 Å². The van der Waals surface area contributed by atoms with Crippen molar-refractivity contribution in [1.82, 2.24) is 4.98 Å². The second kappa shape index (κ2) is 3.44. The van der Waals surface area contributed by atoms with Gasteiger partial charge in [-0.3, -0.25) is 4.79 Å². The van der Waals surface area contributed by atoms with E-state index in [1.54, 1.807) is 6.92 Å². The third-order valence-corrected chi connectivity index (χ3v) is 2.36. The Morgan fingerprint density at radius 3 is 2.75 bits per heavy atom. The summed E-state index contributed by atoms with van der Waals surface area (Å²) in [5.74, 6) is -0.504. The van der Waals surface area contributed by atoms with E-state index in [0.717, 1.165) is 11.3 Å². The molecule has 0 amide bonds. The summed E-state index contributed by atoms with van der Waals surface area (Å²) >= 11 is 1.04. The first kappa shape index (κ1) is 8.86. The van der Waals surface area contributed by atoms with Gasteiger partial charge >= 0.3 is 5.97 Å². The molecule has 0 bridgehead atoms. The maximum Gasteiger partial charge on any atom is 0.367 e. The van der Waals surface area contributed by atoms with Crippen LogP contribution in [0.3, 0.4) is 0 Å². The van der Waals surface area contributed by atoms with Crippen LogP contribution in [0.2, 0.25) is 0 Å². The van der Waals surface area contributed by atoms with E-state index >= 15 is 0 Å². The molecule has 0 aliphatic carbocycles. The summed E-state index contributed by atoms with van der Waals surface area (Å²) in [6.45, 7) is 1.67. The quantitative estimate of drug-likeness (QED) is 0.510. The van der Waals surface area contributed by atoms with Crippen LogP contribution in [-0.2, 0) is 4.74 Å². The summed E-state index contributed by atoms with van der Waals surface area (Å²) in [5.41, 5.74) is 0.565. The van der Waals surface area contributed by atoms with Gasteiger partial charge < -0.3 is 4.74 Å². The summed E-state index contributed by atoms with van der Waals surface area (Å²) in [6, 6.07) is 0. The highest BCUT2D eigenvalue weighted by atomic mass is 32.1. The molecule has 12 heavy (non-hydrogen) atoms. The summed E-state index contributed by atoms with van der Waals surface area (Å²) in [5, 5.41) is 0.220. The zero-order chi connectivity index (χ0) is 9.14. The van der Waals surface area contributed by atoms with Crippen molar-refractivity contribution in [2.75, 3.05) is 7.11 Å². The molecule has 0 fully saturated rings. The fraction of sp³-hybridized carbons (Fsp3) is 0.286. The van der Waals surface area contributed by atoms with E-state index in [-0.39, 0.29) is 5.01 Å². The number of aldehydes is 1. The number of nitrogens with zero attached hydrogens (tertiary/aromatic N) is 1. The van der Waals surface area contributed by atoms with Gasteiger partial charge in [0.1, 0.15) is 0 Å². The maximum absolute atomic E-state index is 10.9. The number of aromatic nitrogens is 1. The smallest absolute Gasteiger partial charge is 0.367 e. The molecule has 1 aromatic heterocycles. The monoisotopic (exact) mass is 185 g/mol. The van der Waals surface area contributed by atoms with Gasteiger partial charge in [0.25, 0.3) is 0 Å². The largest absolute Gasteiger partial charge is 0.464 e. The maximum atomic E-state index is 10.9. The van der Waals surface area contributed by atoms with Crippen LogP contribution in [0.1, 0.15) is 25.2 Å². The van der Waals surface area contributed by atoms with E-state index < -0.39 is 5.97 Å². The van der Waals surface area contributed by atoms with Gasteiger partial charge in [0.2, 0.25) is 5.01 Å². The Morgan fingerprint density at radius 2 is 2.33 bits per heavy atom. The van der Waals surface area contributed by atoms with Gasteiger partial charge in [-0.15, -0.1) is 11.3 Å². The van der Waals surface area contributed by atoms with Crippen molar-refractivity contribution < 1.29 is 14.3 Å². The Bertz CT molecular complexity index is 318. The number of thiazole rings is 1. The molecule has 5 heteroatoms. The third-order valence-electron chi connectivity index (χ3n) is 1.30. The lowest BCUT2D eigenvalue weighted by Gasteiger charge is -1.89. The molecule has 0 saturated heterocycles. The Hall–Kier alpha value is -1.23. The molecular weight excluding hydrogens is 178 g/mol. The van der Waals surface area contributed by atoms with Crippen molar-refractivity contribution in [2.45, 2.75) is 6.92 Å². The van der Waals surface area contributed by atoms with Crippen molar-refractivity contribution in [3.8, 4) is 0 Å². The van der Waals surface area contributed by atoms with Crippen molar-refractivity contribution in [3.05, 3.63) is 15.6 Å². The molecule has 1 heterocycles. The number of carbonyl (C=O) groups excluding carboxylic acids is 2. The highest BCUT2D eigenvalue weighted by Crippen LogP contribution is 2.16. The molecule has 4 nitrogen and oxygen atoms in total. The SMILES string of the molecule is COC(=O)c1nc(C)c(C=O)s1. The van der Waals surface area contributed by atoms with E-state index in [9.17, 15) is 9.59 Å². The molecule has 0 atom stereocenters. The highest BCUT2D eigenvalue weighted by Gasteiger charge is 2.13. The number of aryl methyl sites for hydroxylation is 1. The van der Waals surface area contributed by atoms with Crippen molar-refractivity contribution in [3.63, 3.8) is 0 Å². The number of ether oxygens (including phenoxy) is 1. The minimum atomic E-state index is -0.504. The number of hydrogen-bond acceptors (Lipinski definition) is 5. The van der Waals surface area contributed by atoms with E-state index in [0.29, 0.717) is 16.9 Å². The molecule has 1 aromatic rings. The van der Waals surface area contributed by atoms with E-state index in [1.165, 1.54) is 7.11 Å². The number of hydrogen-bond donors (Lipinski definition) is 0. The second-order valence-electron chi connectivity index (χ2n) is 2.08. The number of esters is 1. The Labute approximate surface area is 73.2 Å².